The van der Waals surface area contributed by atoms with E-state index in [0.29, 0.717) is 11.8 Å². The summed E-state index contributed by atoms with van der Waals surface area (Å²) in [6.45, 7) is 7.29. The number of ether oxygens (including phenoxy) is 1. The van der Waals surface area contributed by atoms with Gasteiger partial charge in [-0.3, -0.25) is 0 Å². The van der Waals surface area contributed by atoms with Gasteiger partial charge in [0.1, 0.15) is 17.9 Å². The molecule has 3 heterocycles. The molecule has 0 bridgehead atoms. The number of aromatic nitrogens is 4. The first kappa shape index (κ1) is 22.7. The van der Waals surface area contributed by atoms with Gasteiger partial charge in [-0.2, -0.15) is 0 Å². The van der Waals surface area contributed by atoms with Crippen LogP contribution in [0.25, 0.3) is 33.1 Å². The van der Waals surface area contributed by atoms with Crippen LogP contribution in [0, 0.1) is 18.8 Å². The van der Waals surface area contributed by atoms with Crippen molar-refractivity contribution < 1.29 is 4.74 Å². The van der Waals surface area contributed by atoms with Crippen molar-refractivity contribution in [3.8, 4) is 16.9 Å². The first-order chi connectivity index (χ1) is 17.6. The van der Waals surface area contributed by atoms with Crippen molar-refractivity contribution in [3.63, 3.8) is 0 Å². The SMILES string of the molecule is CCc1ccc2ncnc(CC3CCOc4ccc(-c5ccc6nc(C)[nH]c6c5)cc4CC3C)c2c1. The molecule has 5 nitrogen and oxygen atoms in total. The summed E-state index contributed by atoms with van der Waals surface area (Å²) in [5.41, 5.74) is 9.29. The van der Waals surface area contributed by atoms with Gasteiger partial charge in [0, 0.05) is 5.39 Å². The van der Waals surface area contributed by atoms with Crippen molar-refractivity contribution in [1.82, 2.24) is 19.9 Å². The van der Waals surface area contributed by atoms with E-state index in [0.717, 1.165) is 66.1 Å². The molecular weight excluding hydrogens is 444 g/mol. The molecule has 5 aromatic rings. The van der Waals surface area contributed by atoms with Crippen molar-refractivity contribution in [2.45, 2.75) is 46.5 Å². The second-order valence-electron chi connectivity index (χ2n) is 10.2. The highest BCUT2D eigenvalue weighted by Gasteiger charge is 2.24. The largest absolute Gasteiger partial charge is 0.493 e. The molecule has 0 aliphatic carbocycles. The molecule has 1 N–H and O–H groups in total. The van der Waals surface area contributed by atoms with E-state index in [2.05, 4.69) is 83.4 Å². The van der Waals surface area contributed by atoms with Crippen LogP contribution in [-0.2, 0) is 19.3 Å². The van der Waals surface area contributed by atoms with E-state index < -0.39 is 0 Å². The van der Waals surface area contributed by atoms with Crippen LogP contribution in [0.4, 0.5) is 0 Å². The van der Waals surface area contributed by atoms with Crippen molar-refractivity contribution in [3.05, 3.63) is 83.6 Å². The number of H-pyrrole nitrogens is 1. The smallest absolute Gasteiger partial charge is 0.122 e. The van der Waals surface area contributed by atoms with E-state index in [1.54, 1.807) is 6.33 Å². The lowest BCUT2D eigenvalue weighted by atomic mass is 9.81. The van der Waals surface area contributed by atoms with E-state index in [1.807, 2.05) is 6.92 Å². The van der Waals surface area contributed by atoms with Crippen LogP contribution in [0.2, 0.25) is 0 Å². The number of nitrogens with zero attached hydrogens (tertiary/aromatic N) is 3. The summed E-state index contributed by atoms with van der Waals surface area (Å²) in [5.74, 6) is 2.97. The first-order valence-corrected chi connectivity index (χ1v) is 13.0. The predicted octanol–water partition coefficient (Wildman–Crippen LogP) is 6.86. The fourth-order valence-corrected chi connectivity index (χ4v) is 5.59. The fraction of sp³-hybridized carbons (Fsp3) is 0.323. The third kappa shape index (κ3) is 4.34. The van der Waals surface area contributed by atoms with Crippen LogP contribution in [0.3, 0.4) is 0 Å². The highest BCUT2D eigenvalue weighted by molar-refractivity contribution is 5.83. The minimum Gasteiger partial charge on any atom is -0.493 e. The summed E-state index contributed by atoms with van der Waals surface area (Å²) in [4.78, 5) is 17.1. The van der Waals surface area contributed by atoms with E-state index in [1.165, 1.54) is 27.6 Å². The zero-order chi connectivity index (χ0) is 24.6. The van der Waals surface area contributed by atoms with Gasteiger partial charge in [-0.1, -0.05) is 32.0 Å². The van der Waals surface area contributed by atoms with Gasteiger partial charge in [0.25, 0.3) is 0 Å². The summed E-state index contributed by atoms with van der Waals surface area (Å²) in [6.07, 6.45) is 5.69. The highest BCUT2D eigenvalue weighted by atomic mass is 16.5. The number of rotatable bonds is 4. The Hall–Kier alpha value is -3.73. The lowest BCUT2D eigenvalue weighted by Crippen LogP contribution is -2.23. The van der Waals surface area contributed by atoms with E-state index in [9.17, 15) is 0 Å². The molecule has 6 rings (SSSR count). The monoisotopic (exact) mass is 476 g/mol. The highest BCUT2D eigenvalue weighted by Crippen LogP contribution is 2.35. The van der Waals surface area contributed by atoms with Crippen molar-refractivity contribution >= 4 is 21.9 Å². The Morgan fingerprint density at radius 3 is 2.69 bits per heavy atom. The third-order valence-electron chi connectivity index (χ3n) is 7.73. The Balaban J connectivity index is 1.28. The molecule has 2 atom stereocenters. The Labute approximate surface area is 212 Å². The van der Waals surface area contributed by atoms with E-state index in [4.69, 9.17) is 9.72 Å². The number of fused-ring (bicyclic) bond motifs is 3. The van der Waals surface area contributed by atoms with Crippen LogP contribution in [0.1, 0.15) is 42.9 Å². The summed E-state index contributed by atoms with van der Waals surface area (Å²) >= 11 is 0. The topological polar surface area (TPSA) is 63.7 Å². The second kappa shape index (κ2) is 9.38. The van der Waals surface area contributed by atoms with Gasteiger partial charge in [0.05, 0.1) is 28.9 Å². The molecule has 182 valence electrons. The molecule has 2 unspecified atom stereocenters. The van der Waals surface area contributed by atoms with Gasteiger partial charge in [0.15, 0.2) is 0 Å². The maximum Gasteiger partial charge on any atom is 0.122 e. The van der Waals surface area contributed by atoms with Gasteiger partial charge in [-0.15, -0.1) is 0 Å². The maximum atomic E-state index is 6.28. The first-order valence-electron chi connectivity index (χ1n) is 13.0. The van der Waals surface area contributed by atoms with Crippen molar-refractivity contribution in [1.29, 1.82) is 0 Å². The number of aromatic amines is 1. The molecule has 1 aliphatic rings. The van der Waals surface area contributed by atoms with E-state index >= 15 is 0 Å². The van der Waals surface area contributed by atoms with Gasteiger partial charge in [-0.05, 0) is 103 Å². The number of hydrogen-bond acceptors (Lipinski definition) is 4. The van der Waals surface area contributed by atoms with Gasteiger partial charge >= 0.3 is 0 Å². The van der Waals surface area contributed by atoms with Crippen molar-refractivity contribution in [2.75, 3.05) is 6.61 Å². The number of hydrogen-bond donors (Lipinski definition) is 1. The molecule has 36 heavy (non-hydrogen) atoms. The van der Waals surface area contributed by atoms with Crippen LogP contribution in [0.15, 0.2) is 60.9 Å². The van der Waals surface area contributed by atoms with Crippen LogP contribution >= 0.6 is 0 Å². The average molecular weight is 477 g/mol. The third-order valence-corrected chi connectivity index (χ3v) is 7.73. The lowest BCUT2D eigenvalue weighted by Gasteiger charge is -2.28. The second-order valence-corrected chi connectivity index (χ2v) is 10.2. The summed E-state index contributed by atoms with van der Waals surface area (Å²) in [6, 6.07) is 19.6. The molecule has 3 aromatic carbocycles. The Morgan fingerprint density at radius 1 is 0.972 bits per heavy atom. The zero-order valence-corrected chi connectivity index (χ0v) is 21.2. The molecule has 0 radical (unpaired) electrons. The Morgan fingerprint density at radius 2 is 1.81 bits per heavy atom. The summed E-state index contributed by atoms with van der Waals surface area (Å²) in [7, 11) is 0. The van der Waals surface area contributed by atoms with Gasteiger partial charge in [-0.25, -0.2) is 15.0 Å². The molecule has 0 saturated carbocycles. The molecular formula is C31H32N4O. The van der Waals surface area contributed by atoms with Gasteiger partial charge < -0.3 is 9.72 Å². The number of imidazole rings is 1. The standard InChI is InChI=1S/C31H32N4O/c1-4-21-5-8-27-26(14-21)29(33-18-32-27)16-22-11-12-36-31-10-7-23(15-25(31)13-19(22)2)24-6-9-28-30(17-24)35-20(3)34-28/h5-10,14-15,17-19,22H,4,11-13,16H2,1-3H3,(H,34,35). The minimum absolute atomic E-state index is 0.495. The maximum absolute atomic E-state index is 6.28. The van der Waals surface area contributed by atoms with E-state index in [-0.39, 0.29) is 0 Å². The Kier molecular flexibility index (Phi) is 5.92. The predicted molar refractivity (Wildman–Crippen MR) is 145 cm³/mol. The number of aryl methyl sites for hydroxylation is 2. The van der Waals surface area contributed by atoms with Gasteiger partial charge in [0.2, 0.25) is 0 Å². The Bertz CT molecular complexity index is 1550. The fourth-order valence-electron chi connectivity index (χ4n) is 5.59. The molecule has 5 heteroatoms. The average Bonchev–Trinajstić information content (AvgIpc) is 3.26. The van der Waals surface area contributed by atoms with Crippen LogP contribution < -0.4 is 4.74 Å². The lowest BCUT2D eigenvalue weighted by molar-refractivity contribution is 0.221. The van der Waals surface area contributed by atoms with Crippen LogP contribution in [-0.4, -0.2) is 26.5 Å². The summed E-state index contributed by atoms with van der Waals surface area (Å²) in [5, 5.41) is 1.19. The minimum atomic E-state index is 0.495. The van der Waals surface area contributed by atoms with Crippen molar-refractivity contribution in [2.24, 2.45) is 11.8 Å². The molecule has 0 fully saturated rings. The normalized spacial score (nSPS) is 18.0. The van der Waals surface area contributed by atoms with Crippen LogP contribution in [0.5, 0.6) is 5.75 Å². The molecule has 1 aliphatic heterocycles. The number of nitrogens with one attached hydrogen (secondary N) is 1. The summed E-state index contributed by atoms with van der Waals surface area (Å²) < 4.78 is 6.28. The molecule has 0 spiro atoms. The molecule has 0 amide bonds. The number of benzene rings is 3. The quantitative estimate of drug-likeness (QED) is 0.308. The zero-order valence-electron chi connectivity index (χ0n) is 21.2. The molecule has 0 saturated heterocycles. The molecule has 2 aromatic heterocycles.